The topological polar surface area (TPSA) is 58.8 Å². The van der Waals surface area contributed by atoms with Gasteiger partial charge in [0.1, 0.15) is 23.7 Å². The van der Waals surface area contributed by atoms with E-state index in [1.165, 1.54) is 31.8 Å². The molecule has 0 spiro atoms. The highest BCUT2D eigenvalue weighted by atomic mass is 19.4. The van der Waals surface area contributed by atoms with E-state index in [9.17, 15) is 17.6 Å². The lowest BCUT2D eigenvalue weighted by Crippen LogP contribution is -2.49. The molecule has 0 amide bonds. The van der Waals surface area contributed by atoms with Crippen LogP contribution in [0.1, 0.15) is 30.7 Å². The van der Waals surface area contributed by atoms with Crippen molar-refractivity contribution in [2.24, 2.45) is 0 Å². The molecule has 206 valence electrons. The van der Waals surface area contributed by atoms with E-state index in [0.717, 1.165) is 17.3 Å². The molecule has 0 N–H and O–H groups in total. The minimum atomic E-state index is -4.56. The normalized spacial score (nSPS) is 14.9. The van der Waals surface area contributed by atoms with Crippen molar-refractivity contribution in [1.82, 2.24) is 24.5 Å². The van der Waals surface area contributed by atoms with Crippen molar-refractivity contribution < 1.29 is 22.3 Å². The zero-order valence-corrected chi connectivity index (χ0v) is 22.0. The molecule has 1 fully saturated rings. The fourth-order valence-corrected chi connectivity index (χ4v) is 5.10. The van der Waals surface area contributed by atoms with Crippen LogP contribution in [-0.2, 0) is 19.0 Å². The van der Waals surface area contributed by atoms with E-state index in [1.807, 2.05) is 6.07 Å². The second-order valence-electron chi connectivity index (χ2n) is 9.93. The standard InChI is InChI=1S/C28H30F4N6O/c1-18(2)36-10-12-37(13-11-36)27-24(28(30,31)32)14-20(16-33-27)23-9-8-22(38-17-34-35-26(23)38)7-5-19-4-6-21(29)15-25(19)39-3/h4,6,8-9,14-18H,5,7,10-13H2,1-3H3. The van der Waals surface area contributed by atoms with E-state index >= 15 is 0 Å². The molecule has 1 saturated heterocycles. The quantitative estimate of drug-likeness (QED) is 0.297. The Balaban J connectivity index is 1.44. The Hall–Kier alpha value is -3.73. The molecule has 0 unspecified atom stereocenters. The molecular weight excluding hydrogens is 512 g/mol. The molecule has 3 aromatic heterocycles. The summed E-state index contributed by atoms with van der Waals surface area (Å²) in [6, 6.07) is 9.49. The van der Waals surface area contributed by atoms with Crippen LogP contribution < -0.4 is 9.64 Å². The lowest BCUT2D eigenvalue weighted by molar-refractivity contribution is -0.137. The van der Waals surface area contributed by atoms with Crippen LogP contribution in [0.4, 0.5) is 23.4 Å². The maximum absolute atomic E-state index is 14.2. The van der Waals surface area contributed by atoms with E-state index in [2.05, 4.69) is 33.9 Å². The minimum absolute atomic E-state index is 0.0444. The fraction of sp³-hybridized carbons (Fsp3) is 0.393. The van der Waals surface area contributed by atoms with Crippen molar-refractivity contribution in [1.29, 1.82) is 0 Å². The smallest absolute Gasteiger partial charge is 0.419 e. The van der Waals surface area contributed by atoms with E-state index in [-0.39, 0.29) is 11.6 Å². The SMILES string of the molecule is COc1cc(F)ccc1CCc1ccc(-c2cnc(N3CCN(C(C)C)CC3)c(C(F)(F)F)c2)c2nncn12. The summed E-state index contributed by atoms with van der Waals surface area (Å²) in [4.78, 5) is 8.27. The number of benzene rings is 1. The van der Waals surface area contributed by atoms with Crippen LogP contribution >= 0.6 is 0 Å². The van der Waals surface area contributed by atoms with Gasteiger partial charge in [-0.2, -0.15) is 13.2 Å². The zero-order chi connectivity index (χ0) is 27.7. The van der Waals surface area contributed by atoms with E-state index < -0.39 is 11.7 Å². The molecule has 1 aliphatic rings. The lowest BCUT2D eigenvalue weighted by Gasteiger charge is -2.38. The summed E-state index contributed by atoms with van der Waals surface area (Å²) in [5, 5.41) is 8.21. The summed E-state index contributed by atoms with van der Waals surface area (Å²) in [7, 11) is 1.49. The molecule has 39 heavy (non-hydrogen) atoms. The number of rotatable bonds is 7. The third-order valence-electron chi connectivity index (χ3n) is 7.27. The van der Waals surface area contributed by atoms with Crippen molar-refractivity contribution >= 4 is 11.5 Å². The summed E-state index contributed by atoms with van der Waals surface area (Å²) in [6.07, 6.45) is -0.423. The highest BCUT2D eigenvalue weighted by Crippen LogP contribution is 2.39. The van der Waals surface area contributed by atoms with Gasteiger partial charge in [0, 0.05) is 61.3 Å². The molecule has 0 atom stereocenters. The molecule has 1 aromatic carbocycles. The molecule has 0 bridgehead atoms. The van der Waals surface area contributed by atoms with Gasteiger partial charge in [0.15, 0.2) is 5.65 Å². The molecular formula is C28H30F4N6O. The molecule has 0 saturated carbocycles. The average molecular weight is 543 g/mol. The van der Waals surface area contributed by atoms with Crippen LogP contribution in [0.2, 0.25) is 0 Å². The van der Waals surface area contributed by atoms with Gasteiger partial charge < -0.3 is 9.64 Å². The van der Waals surface area contributed by atoms with Gasteiger partial charge in [-0.25, -0.2) is 9.37 Å². The van der Waals surface area contributed by atoms with E-state index in [1.54, 1.807) is 21.4 Å². The van der Waals surface area contributed by atoms with Crippen molar-refractivity contribution in [2.45, 2.75) is 38.9 Å². The number of anilines is 1. The highest BCUT2D eigenvalue weighted by molar-refractivity contribution is 5.78. The Kier molecular flexibility index (Phi) is 7.44. The number of ether oxygens (including phenoxy) is 1. The number of hydrogen-bond donors (Lipinski definition) is 0. The zero-order valence-electron chi connectivity index (χ0n) is 22.0. The van der Waals surface area contributed by atoms with Crippen LogP contribution in [0.15, 0.2) is 48.9 Å². The molecule has 4 aromatic rings. The molecule has 4 heterocycles. The first-order chi connectivity index (χ1) is 18.7. The first kappa shape index (κ1) is 26.9. The van der Waals surface area contributed by atoms with Gasteiger partial charge in [0.2, 0.25) is 0 Å². The molecule has 0 aliphatic carbocycles. The third kappa shape index (κ3) is 5.54. The highest BCUT2D eigenvalue weighted by Gasteiger charge is 2.37. The lowest BCUT2D eigenvalue weighted by atomic mass is 10.0. The number of pyridine rings is 2. The van der Waals surface area contributed by atoms with Crippen LogP contribution in [0, 0.1) is 5.82 Å². The number of methoxy groups -OCH3 is 1. The number of piperazine rings is 1. The number of aryl methyl sites for hydroxylation is 2. The maximum atomic E-state index is 14.2. The number of hydrogen-bond acceptors (Lipinski definition) is 6. The summed E-state index contributed by atoms with van der Waals surface area (Å²) < 4.78 is 63.3. The van der Waals surface area contributed by atoms with Gasteiger partial charge in [-0.3, -0.25) is 9.30 Å². The second-order valence-corrected chi connectivity index (χ2v) is 9.93. The van der Waals surface area contributed by atoms with E-state index in [4.69, 9.17) is 4.74 Å². The predicted molar refractivity (Wildman–Crippen MR) is 141 cm³/mol. The van der Waals surface area contributed by atoms with Gasteiger partial charge >= 0.3 is 6.18 Å². The molecule has 5 rings (SSSR count). The predicted octanol–water partition coefficient (Wildman–Crippen LogP) is 5.27. The number of aromatic nitrogens is 4. The first-order valence-corrected chi connectivity index (χ1v) is 12.9. The van der Waals surface area contributed by atoms with Crippen molar-refractivity contribution in [3.8, 4) is 16.9 Å². The number of halogens is 4. The number of nitrogens with zero attached hydrogens (tertiary/aromatic N) is 6. The summed E-state index contributed by atoms with van der Waals surface area (Å²) >= 11 is 0. The van der Waals surface area contributed by atoms with Gasteiger partial charge in [-0.1, -0.05) is 6.07 Å². The molecule has 7 nitrogen and oxygen atoms in total. The maximum Gasteiger partial charge on any atom is 0.419 e. The molecule has 11 heteroatoms. The average Bonchev–Trinajstić information content (AvgIpc) is 3.42. The number of fused-ring (bicyclic) bond motifs is 1. The Bertz CT molecular complexity index is 1460. The summed E-state index contributed by atoms with van der Waals surface area (Å²) in [5.74, 6) is 0.0388. The van der Waals surface area contributed by atoms with Crippen LogP contribution in [-0.4, -0.2) is 63.8 Å². The van der Waals surface area contributed by atoms with Gasteiger partial charge in [-0.15, -0.1) is 10.2 Å². The molecule has 0 radical (unpaired) electrons. The Morgan fingerprint density at radius 3 is 2.46 bits per heavy atom. The summed E-state index contributed by atoms with van der Waals surface area (Å²) in [6.45, 7) is 6.50. The van der Waals surface area contributed by atoms with Crippen molar-refractivity contribution in [2.75, 3.05) is 38.2 Å². The van der Waals surface area contributed by atoms with Gasteiger partial charge in [-0.05, 0) is 56.5 Å². The van der Waals surface area contributed by atoms with Crippen molar-refractivity contribution in [3.63, 3.8) is 0 Å². The van der Waals surface area contributed by atoms with Crippen LogP contribution in [0.5, 0.6) is 5.75 Å². The van der Waals surface area contributed by atoms with E-state index in [0.29, 0.717) is 67.6 Å². The Morgan fingerprint density at radius 2 is 1.77 bits per heavy atom. The second kappa shape index (κ2) is 10.8. The summed E-state index contributed by atoms with van der Waals surface area (Å²) in [5.41, 5.74) is 2.19. The minimum Gasteiger partial charge on any atom is -0.496 e. The first-order valence-electron chi connectivity index (χ1n) is 12.9. The van der Waals surface area contributed by atoms with Gasteiger partial charge in [0.05, 0.1) is 12.7 Å². The van der Waals surface area contributed by atoms with Gasteiger partial charge in [0.25, 0.3) is 0 Å². The fourth-order valence-electron chi connectivity index (χ4n) is 5.10. The van der Waals surface area contributed by atoms with Crippen LogP contribution in [0.3, 0.4) is 0 Å². The van der Waals surface area contributed by atoms with Crippen molar-refractivity contribution in [3.05, 3.63) is 71.6 Å². The third-order valence-corrected chi connectivity index (χ3v) is 7.27. The Morgan fingerprint density at radius 1 is 1.00 bits per heavy atom. The Labute approximate surface area is 224 Å². The van der Waals surface area contributed by atoms with Crippen LogP contribution in [0.25, 0.3) is 16.8 Å². The number of alkyl halides is 3. The molecule has 1 aliphatic heterocycles. The monoisotopic (exact) mass is 542 g/mol. The largest absolute Gasteiger partial charge is 0.496 e.